The number of amides is 1. The minimum Gasteiger partial charge on any atom is -0.508 e. The lowest BCUT2D eigenvalue weighted by Crippen LogP contribution is -2.31. The third kappa shape index (κ3) is 5.00. The minimum absolute atomic E-state index is 0.0884. The van der Waals surface area contributed by atoms with Gasteiger partial charge in [-0.3, -0.25) is 0 Å². The molecule has 1 amide bonds. The van der Waals surface area contributed by atoms with Gasteiger partial charge >= 0.3 is 6.09 Å². The van der Waals surface area contributed by atoms with Gasteiger partial charge in [0.2, 0.25) is 0 Å². The molecule has 0 spiro atoms. The van der Waals surface area contributed by atoms with Crippen LogP contribution in [0.3, 0.4) is 0 Å². The van der Waals surface area contributed by atoms with Crippen molar-refractivity contribution in [2.45, 2.75) is 0 Å². The van der Waals surface area contributed by atoms with Gasteiger partial charge in [0.05, 0.1) is 0 Å². The molecule has 1 aliphatic rings. The highest BCUT2D eigenvalue weighted by molar-refractivity contribution is 8.08. The van der Waals surface area contributed by atoms with Crippen molar-refractivity contribution in [3.8, 4) is 23.0 Å². The van der Waals surface area contributed by atoms with Gasteiger partial charge in [-0.2, -0.15) is 0 Å². The molecule has 1 heterocycles. The molecular weight excluding hydrogens is 417 g/mol. The lowest BCUT2D eigenvalue weighted by atomic mass is 10.1. The summed E-state index contributed by atoms with van der Waals surface area (Å²) in [5.41, 5.74) is 1.39. The van der Waals surface area contributed by atoms with E-state index in [1.807, 2.05) is 12.1 Å². The zero-order valence-corrected chi connectivity index (χ0v) is 17.6. The maximum Gasteiger partial charge on any atom is 0.414 e. The zero-order chi connectivity index (χ0) is 21.8. The maximum absolute atomic E-state index is 14.0. The van der Waals surface area contributed by atoms with Crippen molar-refractivity contribution in [3.05, 3.63) is 83.7 Å². The molecule has 1 aliphatic heterocycles. The zero-order valence-electron chi connectivity index (χ0n) is 16.7. The van der Waals surface area contributed by atoms with E-state index >= 15 is 0 Å². The molecule has 0 saturated heterocycles. The number of carbonyl (C=O) groups is 1. The summed E-state index contributed by atoms with van der Waals surface area (Å²) in [5, 5.41) is 9.78. The van der Waals surface area contributed by atoms with E-state index < -0.39 is 6.09 Å². The van der Waals surface area contributed by atoms with E-state index in [-0.39, 0.29) is 11.6 Å². The SMILES string of the molecule is CN(CCSC1=Cc2ccc(O)cc2Oc2ccc(F)cc21)C(=O)Oc1ccccc1. The van der Waals surface area contributed by atoms with Gasteiger partial charge in [-0.15, -0.1) is 11.8 Å². The first-order valence-electron chi connectivity index (χ1n) is 9.63. The van der Waals surface area contributed by atoms with E-state index in [0.29, 0.717) is 35.1 Å². The Morgan fingerprint density at radius 3 is 2.71 bits per heavy atom. The number of para-hydroxylation sites is 1. The summed E-state index contributed by atoms with van der Waals surface area (Å²) >= 11 is 1.48. The predicted octanol–water partition coefficient (Wildman–Crippen LogP) is 6.00. The summed E-state index contributed by atoms with van der Waals surface area (Å²) < 4.78 is 25.2. The highest BCUT2D eigenvalue weighted by Gasteiger charge is 2.19. The van der Waals surface area contributed by atoms with Gasteiger partial charge in [0.15, 0.2) is 0 Å². The van der Waals surface area contributed by atoms with Crippen LogP contribution >= 0.6 is 11.8 Å². The monoisotopic (exact) mass is 437 g/mol. The maximum atomic E-state index is 14.0. The fourth-order valence-electron chi connectivity index (χ4n) is 3.02. The number of halogens is 1. The highest BCUT2D eigenvalue weighted by Crippen LogP contribution is 2.43. The highest BCUT2D eigenvalue weighted by atomic mass is 32.2. The molecule has 0 aromatic heterocycles. The molecule has 31 heavy (non-hydrogen) atoms. The first-order valence-corrected chi connectivity index (χ1v) is 10.6. The molecule has 0 saturated carbocycles. The second-order valence-corrected chi connectivity index (χ2v) is 8.06. The number of nitrogens with zero attached hydrogens (tertiary/aromatic N) is 1. The van der Waals surface area contributed by atoms with E-state index in [1.54, 1.807) is 49.5 Å². The molecule has 0 unspecified atom stereocenters. The van der Waals surface area contributed by atoms with Crippen LogP contribution in [0, 0.1) is 5.82 Å². The van der Waals surface area contributed by atoms with Crippen LogP contribution in [0.2, 0.25) is 0 Å². The average molecular weight is 437 g/mol. The second-order valence-electron chi connectivity index (χ2n) is 6.92. The van der Waals surface area contributed by atoms with Crippen LogP contribution in [0.25, 0.3) is 11.0 Å². The lowest BCUT2D eigenvalue weighted by Gasteiger charge is -2.17. The quantitative estimate of drug-likeness (QED) is 0.531. The van der Waals surface area contributed by atoms with Crippen LogP contribution in [0.1, 0.15) is 11.1 Å². The number of thioether (sulfide) groups is 1. The first kappa shape index (κ1) is 20.8. The number of ether oxygens (including phenoxy) is 2. The van der Waals surface area contributed by atoms with Crippen molar-refractivity contribution in [1.29, 1.82) is 0 Å². The lowest BCUT2D eigenvalue weighted by molar-refractivity contribution is 0.165. The Morgan fingerprint density at radius 2 is 1.90 bits per heavy atom. The van der Waals surface area contributed by atoms with E-state index in [9.17, 15) is 14.3 Å². The summed E-state index contributed by atoms with van der Waals surface area (Å²) in [6.07, 6.45) is 1.45. The molecular formula is C24H20FNO4S. The van der Waals surface area contributed by atoms with Gasteiger partial charge in [-0.1, -0.05) is 18.2 Å². The summed E-state index contributed by atoms with van der Waals surface area (Å²) in [6.45, 7) is 0.432. The van der Waals surface area contributed by atoms with Gasteiger partial charge in [-0.25, -0.2) is 9.18 Å². The van der Waals surface area contributed by atoms with E-state index in [1.165, 1.54) is 34.9 Å². The molecule has 1 N–H and O–H groups in total. The Hall–Kier alpha value is -3.45. The smallest absolute Gasteiger partial charge is 0.414 e. The Morgan fingerprint density at radius 1 is 1.10 bits per heavy atom. The number of hydrogen-bond donors (Lipinski definition) is 1. The minimum atomic E-state index is -0.447. The third-order valence-electron chi connectivity index (χ3n) is 4.66. The molecule has 3 aromatic carbocycles. The number of rotatable bonds is 5. The Bertz CT molecular complexity index is 1130. The van der Waals surface area contributed by atoms with E-state index in [2.05, 4.69) is 0 Å². The molecule has 7 heteroatoms. The molecule has 3 aromatic rings. The fraction of sp³-hybridized carbons (Fsp3) is 0.125. The van der Waals surface area contributed by atoms with Gasteiger partial charge < -0.3 is 19.5 Å². The van der Waals surface area contributed by atoms with Crippen LogP contribution in [0.4, 0.5) is 9.18 Å². The van der Waals surface area contributed by atoms with Crippen LogP contribution in [0.15, 0.2) is 66.7 Å². The molecule has 158 valence electrons. The Balaban J connectivity index is 1.48. The van der Waals surface area contributed by atoms with Crippen molar-refractivity contribution < 1.29 is 23.8 Å². The summed E-state index contributed by atoms with van der Waals surface area (Å²) in [5.74, 6) is 1.76. The number of phenolic OH excluding ortho intramolecular Hbond substituents is 1. The molecule has 0 bridgehead atoms. The van der Waals surface area contributed by atoms with E-state index in [4.69, 9.17) is 9.47 Å². The van der Waals surface area contributed by atoms with Crippen LogP contribution in [0.5, 0.6) is 23.0 Å². The van der Waals surface area contributed by atoms with Crippen LogP contribution < -0.4 is 9.47 Å². The number of carbonyl (C=O) groups excluding carboxylic acids is 1. The number of aromatic hydroxyl groups is 1. The number of phenols is 1. The molecule has 5 nitrogen and oxygen atoms in total. The molecule has 0 aliphatic carbocycles. The molecule has 0 atom stereocenters. The van der Waals surface area contributed by atoms with Crippen molar-refractivity contribution in [1.82, 2.24) is 4.90 Å². The van der Waals surface area contributed by atoms with Gasteiger partial charge in [-0.05, 0) is 48.5 Å². The third-order valence-corrected chi connectivity index (χ3v) is 5.69. The first-order chi connectivity index (χ1) is 15.0. The average Bonchev–Trinajstić information content (AvgIpc) is 2.90. The van der Waals surface area contributed by atoms with Gasteiger partial charge in [0, 0.05) is 41.4 Å². The number of hydrogen-bond acceptors (Lipinski definition) is 5. The van der Waals surface area contributed by atoms with Crippen LogP contribution in [-0.2, 0) is 0 Å². The van der Waals surface area contributed by atoms with Crippen molar-refractivity contribution in [2.75, 3.05) is 19.3 Å². The molecule has 4 rings (SSSR count). The summed E-state index contributed by atoms with van der Waals surface area (Å²) in [7, 11) is 1.67. The van der Waals surface area contributed by atoms with Crippen molar-refractivity contribution >= 4 is 28.8 Å². The van der Waals surface area contributed by atoms with Crippen molar-refractivity contribution in [3.63, 3.8) is 0 Å². The fourth-order valence-corrected chi connectivity index (χ4v) is 4.13. The Kier molecular flexibility index (Phi) is 6.13. The molecule has 0 fully saturated rings. The number of fused-ring (bicyclic) bond motifs is 2. The predicted molar refractivity (Wildman–Crippen MR) is 120 cm³/mol. The Labute approximate surface area is 183 Å². The number of benzene rings is 3. The largest absolute Gasteiger partial charge is 0.508 e. The van der Waals surface area contributed by atoms with E-state index in [0.717, 1.165) is 10.5 Å². The summed E-state index contributed by atoms with van der Waals surface area (Å²) in [6, 6.07) is 18.1. The van der Waals surface area contributed by atoms with Crippen molar-refractivity contribution in [2.24, 2.45) is 0 Å². The topological polar surface area (TPSA) is 59.0 Å². The standard InChI is InChI=1S/C24H20FNO4S/c1-26(24(28)29-19-5-3-2-4-6-19)11-12-31-23-13-16-7-9-18(27)15-22(16)30-21-10-8-17(25)14-20(21)23/h2-10,13-15,27H,11-12H2,1H3. The van der Waals surface area contributed by atoms with Gasteiger partial charge in [0.1, 0.15) is 28.8 Å². The second kappa shape index (κ2) is 9.14. The summed E-state index contributed by atoms with van der Waals surface area (Å²) in [4.78, 5) is 14.6. The molecule has 0 radical (unpaired) electrons. The van der Waals surface area contributed by atoms with Crippen LogP contribution in [-0.4, -0.2) is 35.4 Å². The normalized spacial score (nSPS) is 12.0. The van der Waals surface area contributed by atoms with Gasteiger partial charge in [0.25, 0.3) is 0 Å².